The Labute approximate surface area is 289 Å². The molecule has 1 saturated heterocycles. The van der Waals surface area contributed by atoms with Crippen LogP contribution in [0.4, 0.5) is 4.79 Å². The van der Waals surface area contributed by atoms with Gasteiger partial charge in [0.05, 0.1) is 11.6 Å². The molecule has 5 aromatic rings. The molecule has 2 amide bonds. The fourth-order valence-electron chi connectivity index (χ4n) is 5.64. The number of nitrogens with zero attached hydrogens (tertiary/aromatic N) is 1. The van der Waals surface area contributed by atoms with Gasteiger partial charge in [-0.15, -0.1) is 0 Å². The first-order valence-corrected chi connectivity index (χ1v) is 16.1. The normalized spacial score (nSPS) is 15.8. The molecule has 1 aliphatic rings. The van der Waals surface area contributed by atoms with E-state index in [1.165, 1.54) is 24.3 Å². The number of hydrogen-bond donors (Lipinski definition) is 2. The standard InChI is InChI=1S/C40H35N3O7/c41-43-37(45)34(35(44)33(25-27-13-5-1-6-14-27)42-40(47)48-26-28-15-7-2-8-16-28)38(43)49-32-23-21-31(22-24-32)39(46)50-36(29-17-9-3-10-18-29)30-19-11-4-12-20-30/h1-24,33-34,36,38H,25-26,41H2,(H,42,47)/t33-,34-,38-/m0/s1. The lowest BCUT2D eigenvalue weighted by Gasteiger charge is -2.43. The smallest absolute Gasteiger partial charge is 0.408 e. The lowest BCUT2D eigenvalue weighted by molar-refractivity contribution is -0.180. The highest BCUT2D eigenvalue weighted by molar-refractivity contribution is 6.08. The van der Waals surface area contributed by atoms with Crippen LogP contribution in [0, 0.1) is 5.92 Å². The van der Waals surface area contributed by atoms with Crippen molar-refractivity contribution in [2.75, 3.05) is 0 Å². The zero-order valence-electron chi connectivity index (χ0n) is 27.0. The van der Waals surface area contributed by atoms with E-state index in [0.29, 0.717) is 0 Å². The Bertz CT molecular complexity index is 1870. The lowest BCUT2D eigenvalue weighted by Crippen LogP contribution is -2.70. The van der Waals surface area contributed by atoms with Crippen LogP contribution in [0.1, 0.15) is 38.7 Å². The second-order valence-electron chi connectivity index (χ2n) is 11.7. The zero-order chi connectivity index (χ0) is 34.9. The maximum Gasteiger partial charge on any atom is 0.408 e. The number of Topliss-reactive ketones (excluding diaryl/α,β-unsaturated/α-hetero) is 1. The van der Waals surface area contributed by atoms with E-state index in [1.54, 1.807) is 0 Å². The molecule has 0 spiro atoms. The summed E-state index contributed by atoms with van der Waals surface area (Å²) >= 11 is 0. The minimum Gasteiger partial charge on any atom is -0.468 e. The summed E-state index contributed by atoms with van der Waals surface area (Å²) in [6, 6.07) is 42.2. The molecule has 0 radical (unpaired) electrons. The number of nitrogens with one attached hydrogen (secondary N) is 1. The number of carbonyl (C=O) groups is 4. The number of rotatable bonds is 13. The third-order valence-corrected chi connectivity index (χ3v) is 8.29. The molecule has 0 aromatic heterocycles. The van der Waals surface area contributed by atoms with Gasteiger partial charge in [-0.2, -0.15) is 0 Å². The van der Waals surface area contributed by atoms with Gasteiger partial charge in [0.2, 0.25) is 6.23 Å². The molecule has 1 heterocycles. The Balaban J connectivity index is 1.13. The van der Waals surface area contributed by atoms with E-state index in [1.807, 2.05) is 121 Å². The summed E-state index contributed by atoms with van der Waals surface area (Å²) in [6.45, 7) is 0.00625. The summed E-state index contributed by atoms with van der Waals surface area (Å²) in [6.07, 6.45) is -2.45. The molecule has 0 aliphatic carbocycles. The molecule has 10 nitrogen and oxygen atoms in total. The SMILES string of the molecule is NN1C(=O)[C@H](C(=O)[C@H](Cc2ccccc2)NC(=O)OCc2ccccc2)[C@@H]1Oc1ccc(C(=O)OC(c2ccccc2)c2ccccc2)cc1. The number of ether oxygens (including phenoxy) is 3. The molecule has 6 rings (SSSR count). The van der Waals surface area contributed by atoms with Gasteiger partial charge in [-0.25, -0.2) is 20.4 Å². The van der Waals surface area contributed by atoms with Crippen molar-refractivity contribution in [3.8, 4) is 5.75 Å². The molecule has 3 atom stereocenters. The van der Waals surface area contributed by atoms with Crippen molar-refractivity contribution in [3.63, 3.8) is 0 Å². The van der Waals surface area contributed by atoms with Crippen LogP contribution < -0.4 is 15.9 Å². The third-order valence-electron chi connectivity index (χ3n) is 8.29. The fourth-order valence-corrected chi connectivity index (χ4v) is 5.64. The summed E-state index contributed by atoms with van der Waals surface area (Å²) in [5, 5.41) is 3.47. The average Bonchev–Trinajstić information content (AvgIpc) is 3.17. The molecule has 0 saturated carbocycles. The maximum atomic E-state index is 13.9. The van der Waals surface area contributed by atoms with Crippen LogP contribution in [-0.2, 0) is 32.1 Å². The molecular weight excluding hydrogens is 634 g/mol. The first-order chi connectivity index (χ1) is 24.4. The number of β-lactam (4-membered cyclic amide) rings is 1. The van der Waals surface area contributed by atoms with Gasteiger partial charge in [0, 0.05) is 0 Å². The van der Waals surface area contributed by atoms with Crippen molar-refractivity contribution in [1.29, 1.82) is 0 Å². The second kappa shape index (κ2) is 15.8. The molecule has 0 unspecified atom stereocenters. The van der Waals surface area contributed by atoms with Crippen LogP contribution in [-0.4, -0.2) is 41.0 Å². The van der Waals surface area contributed by atoms with Crippen LogP contribution in [0.25, 0.3) is 0 Å². The van der Waals surface area contributed by atoms with Crippen LogP contribution in [0.15, 0.2) is 146 Å². The monoisotopic (exact) mass is 669 g/mol. The summed E-state index contributed by atoms with van der Waals surface area (Å²) in [7, 11) is 0. The van der Waals surface area contributed by atoms with Crippen molar-refractivity contribution in [1.82, 2.24) is 10.3 Å². The molecule has 1 fully saturated rings. The predicted octanol–water partition coefficient (Wildman–Crippen LogP) is 5.78. The molecule has 5 aromatic carbocycles. The second-order valence-corrected chi connectivity index (χ2v) is 11.7. The minimum atomic E-state index is -1.29. The third kappa shape index (κ3) is 8.05. The van der Waals surface area contributed by atoms with Crippen LogP contribution >= 0.6 is 0 Å². The van der Waals surface area contributed by atoms with E-state index in [9.17, 15) is 19.2 Å². The number of amides is 2. The van der Waals surface area contributed by atoms with E-state index in [2.05, 4.69) is 5.32 Å². The molecule has 10 heteroatoms. The largest absolute Gasteiger partial charge is 0.468 e. The summed E-state index contributed by atoms with van der Waals surface area (Å²) in [5.41, 5.74) is 3.47. The fraction of sp³-hybridized carbons (Fsp3) is 0.150. The summed E-state index contributed by atoms with van der Waals surface area (Å²) < 4.78 is 17.3. The van der Waals surface area contributed by atoms with Crippen molar-refractivity contribution in [3.05, 3.63) is 173 Å². The van der Waals surface area contributed by atoms with E-state index in [4.69, 9.17) is 20.1 Å². The first kappa shape index (κ1) is 33.6. The van der Waals surface area contributed by atoms with E-state index in [0.717, 1.165) is 27.3 Å². The minimum absolute atomic E-state index is 0.00625. The van der Waals surface area contributed by atoms with Crippen molar-refractivity contribution in [2.24, 2.45) is 11.8 Å². The maximum absolute atomic E-state index is 13.9. The number of ketones is 1. The van der Waals surface area contributed by atoms with Gasteiger partial charge in [-0.3, -0.25) is 9.59 Å². The summed E-state index contributed by atoms with van der Waals surface area (Å²) in [5.74, 6) is 3.19. The van der Waals surface area contributed by atoms with Crippen molar-refractivity contribution >= 4 is 23.8 Å². The number of hydrogen-bond acceptors (Lipinski definition) is 8. The van der Waals surface area contributed by atoms with Gasteiger partial charge in [0.25, 0.3) is 5.91 Å². The van der Waals surface area contributed by atoms with Gasteiger partial charge in [-0.05, 0) is 52.9 Å². The quantitative estimate of drug-likeness (QED) is 0.0530. The molecule has 0 bridgehead atoms. The van der Waals surface area contributed by atoms with E-state index in [-0.39, 0.29) is 24.3 Å². The number of carbonyl (C=O) groups excluding carboxylic acids is 4. The Morgan fingerprint density at radius 1 is 0.700 bits per heavy atom. The van der Waals surface area contributed by atoms with Crippen LogP contribution in [0.3, 0.4) is 0 Å². The number of alkyl carbamates (subject to hydrolysis) is 1. The van der Waals surface area contributed by atoms with E-state index >= 15 is 0 Å². The Kier molecular flexibility index (Phi) is 10.6. The zero-order valence-corrected chi connectivity index (χ0v) is 27.0. The van der Waals surface area contributed by atoms with Crippen LogP contribution in [0.5, 0.6) is 5.75 Å². The number of esters is 1. The van der Waals surface area contributed by atoms with Gasteiger partial charge in [-0.1, -0.05) is 121 Å². The molecule has 3 N–H and O–H groups in total. The van der Waals surface area contributed by atoms with Crippen molar-refractivity contribution < 1.29 is 33.4 Å². The lowest BCUT2D eigenvalue weighted by atomic mass is 9.86. The van der Waals surface area contributed by atoms with Gasteiger partial charge < -0.3 is 19.5 Å². The highest BCUT2D eigenvalue weighted by atomic mass is 16.6. The highest BCUT2D eigenvalue weighted by Crippen LogP contribution is 2.31. The Hall–Kier alpha value is -6.26. The van der Waals surface area contributed by atoms with E-state index < -0.39 is 48.0 Å². The Morgan fingerprint density at radius 2 is 1.22 bits per heavy atom. The van der Waals surface area contributed by atoms with Gasteiger partial charge >= 0.3 is 12.1 Å². The van der Waals surface area contributed by atoms with Crippen LogP contribution in [0.2, 0.25) is 0 Å². The number of benzene rings is 5. The topological polar surface area (TPSA) is 137 Å². The van der Waals surface area contributed by atoms with Gasteiger partial charge in [0.1, 0.15) is 12.4 Å². The van der Waals surface area contributed by atoms with Gasteiger partial charge in [0.15, 0.2) is 17.8 Å². The number of hydrazine groups is 1. The number of nitrogens with two attached hydrogens (primary N) is 1. The summed E-state index contributed by atoms with van der Waals surface area (Å²) in [4.78, 5) is 52.9. The molecule has 50 heavy (non-hydrogen) atoms. The molecular formula is C40H35N3O7. The highest BCUT2D eigenvalue weighted by Gasteiger charge is 2.54. The predicted molar refractivity (Wildman–Crippen MR) is 184 cm³/mol. The molecule has 1 aliphatic heterocycles. The van der Waals surface area contributed by atoms with Crippen molar-refractivity contribution in [2.45, 2.75) is 31.4 Å². The first-order valence-electron chi connectivity index (χ1n) is 16.1. The average molecular weight is 670 g/mol. The molecule has 252 valence electrons. The Morgan fingerprint density at radius 3 is 1.78 bits per heavy atom.